The van der Waals surface area contributed by atoms with Gasteiger partial charge >= 0.3 is 0 Å². The van der Waals surface area contributed by atoms with Crippen molar-refractivity contribution in [3.63, 3.8) is 0 Å². The van der Waals surface area contributed by atoms with Crippen molar-refractivity contribution >= 4 is 53.3 Å². The van der Waals surface area contributed by atoms with Crippen molar-refractivity contribution in [2.24, 2.45) is 0 Å². The van der Waals surface area contributed by atoms with Crippen LogP contribution < -0.4 is 0 Å². The molecule has 0 N–H and O–H groups in total. The summed E-state index contributed by atoms with van der Waals surface area (Å²) >= 11 is 5.18. The highest BCUT2D eigenvalue weighted by Gasteiger charge is 2.37. The van der Waals surface area contributed by atoms with Gasteiger partial charge in [0.1, 0.15) is 0 Å². The maximum atomic E-state index is 2.59. The predicted octanol–water partition coefficient (Wildman–Crippen LogP) is 4.20. The Hall–Kier alpha value is 1.68. The summed E-state index contributed by atoms with van der Waals surface area (Å²) < 4.78 is 2.84. The minimum absolute atomic E-state index is 0.925. The van der Waals surface area contributed by atoms with E-state index in [0.717, 1.165) is 11.1 Å². The highest BCUT2D eigenvalue weighted by atomic mass is 127. The van der Waals surface area contributed by atoms with Gasteiger partial charge in [0.15, 0.2) is 0 Å². The summed E-state index contributed by atoms with van der Waals surface area (Å²) in [5, 5.41) is 0. The van der Waals surface area contributed by atoms with E-state index in [4.69, 9.17) is 0 Å². The third kappa shape index (κ3) is 2.82. The first-order valence-electron chi connectivity index (χ1n) is 4.13. The molecule has 0 saturated carbocycles. The molecule has 0 heterocycles. The second-order valence-corrected chi connectivity index (χ2v) is 13.7. The molecule has 0 saturated heterocycles. The van der Waals surface area contributed by atoms with Crippen molar-refractivity contribution in [2.45, 2.75) is 38.8 Å². The fraction of sp³-hybridized carbons (Fsp3) is 1.00. The standard InChI is InChI=1S/C8H18I2Si/c1-7(2)11(5-9,6-10)8(3)4/h7-8H,5-6H2,1-4H3. The monoisotopic (exact) mass is 396 g/mol. The van der Waals surface area contributed by atoms with E-state index in [1.54, 1.807) is 0 Å². The second-order valence-electron chi connectivity index (χ2n) is 3.81. The third-order valence-electron chi connectivity index (χ3n) is 2.80. The molecule has 0 nitrogen and oxygen atoms in total. The molecule has 0 aliphatic heterocycles. The first-order chi connectivity index (χ1) is 5.01. The first kappa shape index (κ1) is 12.7. The molecule has 0 atom stereocenters. The Balaban J connectivity index is 4.46. The molecule has 0 aromatic carbocycles. The van der Waals surface area contributed by atoms with Crippen LogP contribution in [0.1, 0.15) is 27.7 Å². The van der Waals surface area contributed by atoms with E-state index in [2.05, 4.69) is 72.9 Å². The Morgan fingerprint density at radius 2 is 1.18 bits per heavy atom. The number of halogens is 2. The molecule has 0 aromatic heterocycles. The molecule has 68 valence electrons. The average Bonchev–Trinajstić information content (AvgIpc) is 1.90. The van der Waals surface area contributed by atoms with Crippen molar-refractivity contribution in [3.8, 4) is 0 Å². The molecule has 0 aliphatic rings. The highest BCUT2D eigenvalue weighted by molar-refractivity contribution is 14.1. The first-order valence-corrected chi connectivity index (χ1v) is 9.75. The molecular weight excluding hydrogens is 378 g/mol. The smallest absolute Gasteiger partial charge is 0.0788 e. The van der Waals surface area contributed by atoms with Crippen LogP contribution in [0.3, 0.4) is 0 Å². The SMILES string of the molecule is CC(C)[Si](CI)(CI)C(C)C. The lowest BCUT2D eigenvalue weighted by Crippen LogP contribution is -2.45. The zero-order valence-electron chi connectivity index (χ0n) is 7.82. The van der Waals surface area contributed by atoms with E-state index < -0.39 is 8.07 Å². The van der Waals surface area contributed by atoms with Crippen LogP contribution in [0.25, 0.3) is 0 Å². The molecule has 0 fully saturated rings. The van der Waals surface area contributed by atoms with E-state index in [-0.39, 0.29) is 0 Å². The topological polar surface area (TPSA) is 0 Å². The van der Waals surface area contributed by atoms with E-state index in [1.807, 2.05) is 0 Å². The Morgan fingerprint density at radius 3 is 1.18 bits per heavy atom. The van der Waals surface area contributed by atoms with Crippen LogP contribution in [-0.2, 0) is 0 Å². The van der Waals surface area contributed by atoms with E-state index in [1.165, 1.54) is 8.10 Å². The Morgan fingerprint density at radius 1 is 0.909 bits per heavy atom. The molecule has 0 aromatic rings. The van der Waals surface area contributed by atoms with Gasteiger partial charge in [-0.05, 0) is 19.2 Å². The van der Waals surface area contributed by atoms with Crippen molar-refractivity contribution in [2.75, 3.05) is 8.10 Å². The zero-order valence-corrected chi connectivity index (χ0v) is 13.1. The van der Waals surface area contributed by atoms with Gasteiger partial charge in [-0.3, -0.25) is 0 Å². The minimum Gasteiger partial charge on any atom is -0.0897 e. The van der Waals surface area contributed by atoms with E-state index in [9.17, 15) is 0 Å². The van der Waals surface area contributed by atoms with Gasteiger partial charge in [0.05, 0.1) is 8.07 Å². The van der Waals surface area contributed by atoms with Crippen LogP contribution >= 0.6 is 45.2 Å². The molecule has 0 rings (SSSR count). The summed E-state index contributed by atoms with van der Waals surface area (Å²) in [5.74, 6) is 0. The van der Waals surface area contributed by atoms with Crippen molar-refractivity contribution < 1.29 is 0 Å². The third-order valence-corrected chi connectivity index (χ3v) is 16.9. The van der Waals surface area contributed by atoms with Crippen LogP contribution in [0, 0.1) is 0 Å². The van der Waals surface area contributed by atoms with Gasteiger partial charge in [-0.2, -0.15) is 0 Å². The van der Waals surface area contributed by atoms with E-state index in [0.29, 0.717) is 0 Å². The van der Waals surface area contributed by atoms with E-state index >= 15 is 0 Å². The number of hydrogen-bond acceptors (Lipinski definition) is 0. The summed E-state index contributed by atoms with van der Waals surface area (Å²) in [4.78, 5) is 0. The van der Waals surface area contributed by atoms with Gasteiger partial charge in [-0.15, -0.1) is 0 Å². The number of hydrogen-bond donors (Lipinski definition) is 0. The highest BCUT2D eigenvalue weighted by Crippen LogP contribution is 2.35. The Bertz CT molecular complexity index is 98.7. The average molecular weight is 396 g/mol. The summed E-state index contributed by atoms with van der Waals surface area (Å²) in [6.07, 6.45) is 0. The lowest BCUT2D eigenvalue weighted by molar-refractivity contribution is 0.905. The number of rotatable bonds is 4. The maximum absolute atomic E-state index is 2.59. The Labute approximate surface area is 99.2 Å². The summed E-state index contributed by atoms with van der Waals surface area (Å²) in [7, 11) is -0.925. The second kappa shape index (κ2) is 5.42. The van der Waals surface area contributed by atoms with Crippen LogP contribution in [0.5, 0.6) is 0 Å². The van der Waals surface area contributed by atoms with Crippen molar-refractivity contribution in [1.82, 2.24) is 0 Å². The predicted molar refractivity (Wildman–Crippen MR) is 73.7 cm³/mol. The molecule has 0 aliphatic carbocycles. The lowest BCUT2D eigenvalue weighted by Gasteiger charge is -2.36. The largest absolute Gasteiger partial charge is 0.0897 e. The van der Waals surface area contributed by atoms with Gasteiger partial charge in [0.25, 0.3) is 0 Å². The number of alkyl halides is 2. The van der Waals surface area contributed by atoms with Gasteiger partial charge in [-0.25, -0.2) is 0 Å². The molecule has 11 heavy (non-hydrogen) atoms. The lowest BCUT2D eigenvalue weighted by atomic mass is 10.5. The minimum atomic E-state index is -0.925. The molecule has 0 radical (unpaired) electrons. The van der Waals surface area contributed by atoms with Crippen molar-refractivity contribution in [1.29, 1.82) is 0 Å². The van der Waals surface area contributed by atoms with Crippen LogP contribution in [0.15, 0.2) is 0 Å². The molecule has 0 bridgehead atoms. The van der Waals surface area contributed by atoms with Gasteiger partial charge in [0.2, 0.25) is 0 Å². The maximum Gasteiger partial charge on any atom is 0.0788 e. The van der Waals surface area contributed by atoms with Gasteiger partial charge < -0.3 is 0 Å². The summed E-state index contributed by atoms with van der Waals surface area (Å²) in [6.45, 7) is 9.63. The summed E-state index contributed by atoms with van der Waals surface area (Å²) in [5.41, 5.74) is 1.88. The van der Waals surface area contributed by atoms with Gasteiger partial charge in [-0.1, -0.05) is 72.9 Å². The Kier molecular flexibility index (Phi) is 6.24. The fourth-order valence-electron chi connectivity index (χ4n) is 1.32. The zero-order chi connectivity index (χ0) is 9.07. The van der Waals surface area contributed by atoms with Crippen molar-refractivity contribution in [3.05, 3.63) is 0 Å². The van der Waals surface area contributed by atoms with Crippen LogP contribution in [0.2, 0.25) is 11.1 Å². The summed E-state index contributed by atoms with van der Waals surface area (Å²) in [6, 6.07) is 0. The molecule has 0 amide bonds. The molecule has 0 spiro atoms. The molecule has 0 unspecified atom stereocenters. The fourth-order valence-corrected chi connectivity index (χ4v) is 19.2. The van der Waals surface area contributed by atoms with Gasteiger partial charge in [0, 0.05) is 0 Å². The molecule has 3 heteroatoms. The molecular formula is C8H18I2Si. The van der Waals surface area contributed by atoms with Crippen LogP contribution in [0.4, 0.5) is 0 Å². The normalized spacial score (nSPS) is 13.1. The quantitative estimate of drug-likeness (QED) is 0.380. The van der Waals surface area contributed by atoms with Crippen LogP contribution in [-0.4, -0.2) is 16.2 Å².